The Hall–Kier alpha value is -3.69. The summed E-state index contributed by atoms with van der Waals surface area (Å²) in [5.74, 6) is 0.779. The van der Waals surface area contributed by atoms with E-state index in [9.17, 15) is 9.59 Å². The van der Waals surface area contributed by atoms with Crippen molar-refractivity contribution in [3.8, 4) is 0 Å². The SMILES string of the molecule is Cc1nnc(C2(N(C)C(=O)c3n[nH]c4c3CN(C(=O)C3Cc5ccccc5N3)CC4)CC2)o1. The van der Waals surface area contributed by atoms with Gasteiger partial charge in [-0.3, -0.25) is 14.7 Å². The lowest BCUT2D eigenvalue weighted by Crippen LogP contribution is -2.45. The monoisotopic (exact) mass is 447 g/mol. The molecule has 0 saturated heterocycles. The summed E-state index contributed by atoms with van der Waals surface area (Å²) in [7, 11) is 1.75. The second kappa shape index (κ2) is 7.16. The summed E-state index contributed by atoms with van der Waals surface area (Å²) in [4.78, 5) is 30.2. The molecule has 2 aromatic heterocycles. The molecule has 2 N–H and O–H groups in total. The summed E-state index contributed by atoms with van der Waals surface area (Å²) in [5.41, 5.74) is 3.65. The smallest absolute Gasteiger partial charge is 0.275 e. The van der Waals surface area contributed by atoms with Gasteiger partial charge >= 0.3 is 0 Å². The van der Waals surface area contributed by atoms with Gasteiger partial charge in [-0.25, -0.2) is 0 Å². The van der Waals surface area contributed by atoms with Gasteiger partial charge in [0.15, 0.2) is 5.69 Å². The zero-order chi connectivity index (χ0) is 22.7. The minimum atomic E-state index is -0.576. The maximum Gasteiger partial charge on any atom is 0.275 e. The lowest BCUT2D eigenvalue weighted by Gasteiger charge is -2.30. The molecule has 3 aromatic rings. The predicted octanol–water partition coefficient (Wildman–Crippen LogP) is 1.78. The number of amides is 2. The largest absolute Gasteiger partial charge is 0.423 e. The molecular weight excluding hydrogens is 422 g/mol. The first kappa shape index (κ1) is 20.0. The van der Waals surface area contributed by atoms with Crippen LogP contribution in [0.1, 0.15) is 51.9 Å². The van der Waals surface area contributed by atoms with E-state index in [1.807, 2.05) is 29.2 Å². The number of benzene rings is 1. The van der Waals surface area contributed by atoms with Crippen LogP contribution in [0.3, 0.4) is 0 Å². The highest BCUT2D eigenvalue weighted by atomic mass is 16.4. The van der Waals surface area contributed by atoms with E-state index in [4.69, 9.17) is 4.42 Å². The number of H-pyrrole nitrogens is 1. The average Bonchev–Trinajstić information content (AvgIpc) is 3.15. The first-order valence-corrected chi connectivity index (χ1v) is 11.2. The first-order chi connectivity index (χ1) is 16.0. The number of hydrogen-bond acceptors (Lipinski definition) is 7. The number of fused-ring (bicyclic) bond motifs is 2. The molecule has 10 nitrogen and oxygen atoms in total. The molecule has 1 aliphatic carbocycles. The van der Waals surface area contributed by atoms with Crippen LogP contribution in [-0.4, -0.2) is 61.6 Å². The molecule has 0 radical (unpaired) electrons. The van der Waals surface area contributed by atoms with Crippen molar-refractivity contribution >= 4 is 17.5 Å². The Bertz CT molecular complexity index is 1230. The summed E-state index contributed by atoms with van der Waals surface area (Å²) < 4.78 is 5.64. The van der Waals surface area contributed by atoms with Gasteiger partial charge in [0.1, 0.15) is 11.6 Å². The van der Waals surface area contributed by atoms with Crippen LogP contribution in [0.5, 0.6) is 0 Å². The summed E-state index contributed by atoms with van der Waals surface area (Å²) in [6, 6.07) is 7.72. The molecule has 1 fully saturated rings. The van der Waals surface area contributed by atoms with Gasteiger partial charge in [-0.15, -0.1) is 10.2 Å². The minimum absolute atomic E-state index is 0.0461. The Balaban J connectivity index is 1.21. The third-order valence-corrected chi connectivity index (χ3v) is 7.11. The fraction of sp³-hybridized carbons (Fsp3) is 0.435. The number of aromatic amines is 1. The Kier molecular flexibility index (Phi) is 4.33. The van der Waals surface area contributed by atoms with Gasteiger partial charge in [-0.05, 0) is 24.5 Å². The molecule has 3 aliphatic rings. The lowest BCUT2D eigenvalue weighted by molar-refractivity contribution is -0.132. The van der Waals surface area contributed by atoms with E-state index < -0.39 is 5.54 Å². The molecule has 2 amide bonds. The van der Waals surface area contributed by atoms with Gasteiger partial charge in [0.05, 0.1) is 0 Å². The molecular formula is C23H25N7O3. The van der Waals surface area contributed by atoms with Crippen LogP contribution < -0.4 is 5.32 Å². The fourth-order valence-corrected chi connectivity index (χ4v) is 4.98. The number of aromatic nitrogens is 4. The topological polar surface area (TPSA) is 120 Å². The van der Waals surface area contributed by atoms with Crippen LogP contribution in [-0.2, 0) is 29.7 Å². The summed E-state index contributed by atoms with van der Waals surface area (Å²) in [6.45, 7) is 2.69. The van der Waals surface area contributed by atoms with Crippen molar-refractivity contribution in [1.82, 2.24) is 30.2 Å². The second-order valence-corrected chi connectivity index (χ2v) is 9.12. The molecule has 4 heterocycles. The average molecular weight is 447 g/mol. The Morgan fingerprint density at radius 3 is 2.79 bits per heavy atom. The van der Waals surface area contributed by atoms with Crippen molar-refractivity contribution < 1.29 is 14.0 Å². The van der Waals surface area contributed by atoms with Crippen molar-refractivity contribution in [2.24, 2.45) is 0 Å². The fourth-order valence-electron chi connectivity index (χ4n) is 4.98. The molecule has 0 bridgehead atoms. The normalized spacial score (nSPS) is 20.1. The molecule has 170 valence electrons. The number of nitrogens with one attached hydrogen (secondary N) is 2. The first-order valence-electron chi connectivity index (χ1n) is 11.2. The zero-order valence-corrected chi connectivity index (χ0v) is 18.6. The third-order valence-electron chi connectivity index (χ3n) is 7.11. The number of rotatable bonds is 4. The lowest BCUT2D eigenvalue weighted by atomic mass is 10.0. The summed E-state index contributed by atoms with van der Waals surface area (Å²) in [6.07, 6.45) is 2.84. The maximum absolute atomic E-state index is 13.5. The van der Waals surface area contributed by atoms with E-state index in [0.29, 0.717) is 43.4 Å². The molecule has 0 spiro atoms. The highest BCUT2D eigenvalue weighted by Gasteiger charge is 2.55. The van der Waals surface area contributed by atoms with E-state index in [1.54, 1.807) is 18.9 Å². The molecule has 10 heteroatoms. The third kappa shape index (κ3) is 3.12. The van der Waals surface area contributed by atoms with Crippen molar-refractivity contribution in [1.29, 1.82) is 0 Å². The van der Waals surface area contributed by atoms with Gasteiger partial charge in [0.2, 0.25) is 17.7 Å². The number of anilines is 1. The predicted molar refractivity (Wildman–Crippen MR) is 117 cm³/mol. The van der Waals surface area contributed by atoms with E-state index >= 15 is 0 Å². The van der Waals surface area contributed by atoms with E-state index in [1.165, 1.54) is 0 Å². The van der Waals surface area contributed by atoms with Gasteiger partial charge < -0.3 is 19.5 Å². The van der Waals surface area contributed by atoms with Crippen LogP contribution in [0, 0.1) is 6.92 Å². The highest BCUT2D eigenvalue weighted by molar-refractivity contribution is 5.95. The molecule has 33 heavy (non-hydrogen) atoms. The number of aryl methyl sites for hydroxylation is 1. The standard InChI is InChI=1S/C23H25N7O3/c1-13-25-28-22(33-13)23(8-9-23)29(2)21(32)19-15-12-30(10-7-17(15)26-27-19)20(31)18-11-14-5-3-4-6-16(14)24-18/h3-6,18,24H,7-12H2,1-2H3,(H,26,27). The molecule has 1 atom stereocenters. The van der Waals surface area contributed by atoms with Crippen molar-refractivity contribution in [3.05, 3.63) is 58.6 Å². The van der Waals surface area contributed by atoms with Crippen LogP contribution >= 0.6 is 0 Å². The van der Waals surface area contributed by atoms with E-state index in [2.05, 4.69) is 25.7 Å². The Morgan fingerprint density at radius 2 is 2.06 bits per heavy atom. The number of hydrogen-bond donors (Lipinski definition) is 2. The quantitative estimate of drug-likeness (QED) is 0.625. The number of para-hydroxylation sites is 1. The minimum Gasteiger partial charge on any atom is -0.423 e. The maximum atomic E-state index is 13.5. The Morgan fingerprint density at radius 1 is 1.24 bits per heavy atom. The van der Waals surface area contributed by atoms with Crippen LogP contribution in [0.2, 0.25) is 0 Å². The number of carbonyl (C=O) groups is 2. The van der Waals surface area contributed by atoms with Crippen LogP contribution in [0.25, 0.3) is 0 Å². The van der Waals surface area contributed by atoms with Gasteiger partial charge in [-0.2, -0.15) is 5.10 Å². The van der Waals surface area contributed by atoms with Gasteiger partial charge in [-0.1, -0.05) is 18.2 Å². The molecule has 2 aliphatic heterocycles. The molecule has 1 saturated carbocycles. The summed E-state index contributed by atoms with van der Waals surface area (Å²) in [5, 5.41) is 18.8. The van der Waals surface area contributed by atoms with Gasteiger partial charge in [0.25, 0.3) is 5.91 Å². The molecule has 6 rings (SSSR count). The summed E-state index contributed by atoms with van der Waals surface area (Å²) >= 11 is 0. The van der Waals surface area contributed by atoms with Crippen molar-refractivity contribution in [3.63, 3.8) is 0 Å². The van der Waals surface area contributed by atoms with E-state index in [-0.39, 0.29) is 17.9 Å². The zero-order valence-electron chi connectivity index (χ0n) is 18.6. The molecule has 1 aromatic carbocycles. The van der Waals surface area contributed by atoms with Crippen molar-refractivity contribution in [2.45, 2.75) is 50.7 Å². The van der Waals surface area contributed by atoms with Gasteiger partial charge in [0, 0.05) is 56.8 Å². The Labute approximate surface area is 190 Å². The number of nitrogens with zero attached hydrogens (tertiary/aromatic N) is 5. The van der Waals surface area contributed by atoms with Crippen LogP contribution in [0.15, 0.2) is 28.7 Å². The highest BCUT2D eigenvalue weighted by Crippen LogP contribution is 2.50. The van der Waals surface area contributed by atoms with Crippen molar-refractivity contribution in [2.75, 3.05) is 18.9 Å². The van der Waals surface area contributed by atoms with Crippen LogP contribution in [0.4, 0.5) is 5.69 Å². The molecule has 1 unspecified atom stereocenters. The number of carbonyl (C=O) groups excluding carboxylic acids is 2. The second-order valence-electron chi connectivity index (χ2n) is 9.12. The van der Waals surface area contributed by atoms with E-state index in [0.717, 1.165) is 35.3 Å².